The molecule has 0 bridgehead atoms. The van der Waals surface area contributed by atoms with Crippen molar-refractivity contribution in [2.24, 2.45) is 7.05 Å². The summed E-state index contributed by atoms with van der Waals surface area (Å²) >= 11 is 8.24. The first-order valence-corrected chi connectivity index (χ1v) is 6.93. The van der Waals surface area contributed by atoms with Crippen LogP contribution in [0.1, 0.15) is 16.1 Å². The molecular formula is C10H8Br2N2OS. The smallest absolute Gasteiger partial charge is 0.170 e. The maximum atomic E-state index is 12.0. The van der Waals surface area contributed by atoms with E-state index >= 15 is 0 Å². The second kappa shape index (κ2) is 4.81. The van der Waals surface area contributed by atoms with E-state index in [-0.39, 0.29) is 5.78 Å². The molecule has 0 saturated carbocycles. The van der Waals surface area contributed by atoms with E-state index in [1.807, 2.05) is 25.4 Å². The van der Waals surface area contributed by atoms with Crippen molar-refractivity contribution in [2.75, 3.05) is 0 Å². The van der Waals surface area contributed by atoms with Crippen LogP contribution in [0.15, 0.2) is 25.9 Å². The van der Waals surface area contributed by atoms with E-state index in [0.717, 1.165) is 13.3 Å². The summed E-state index contributed by atoms with van der Waals surface area (Å²) < 4.78 is 3.50. The fourth-order valence-corrected chi connectivity index (χ4v) is 4.20. The second-order valence-electron chi connectivity index (χ2n) is 3.32. The fourth-order valence-electron chi connectivity index (χ4n) is 1.35. The molecule has 0 atom stereocenters. The molecular weight excluding hydrogens is 356 g/mol. The predicted octanol–water partition coefficient (Wildman–Crippen LogP) is 3.43. The number of rotatable bonds is 3. The number of carbonyl (C=O) groups excluding carboxylic acids is 1. The molecule has 84 valence electrons. The number of hydrogen-bond acceptors (Lipinski definition) is 3. The van der Waals surface area contributed by atoms with Crippen molar-refractivity contribution in [1.82, 2.24) is 9.78 Å². The highest BCUT2D eigenvalue weighted by atomic mass is 79.9. The summed E-state index contributed by atoms with van der Waals surface area (Å²) in [4.78, 5) is 12.0. The Balaban J connectivity index is 2.17. The molecule has 3 nitrogen and oxygen atoms in total. The van der Waals surface area contributed by atoms with Crippen LogP contribution in [0.5, 0.6) is 0 Å². The van der Waals surface area contributed by atoms with Crippen LogP contribution in [-0.2, 0) is 13.5 Å². The molecule has 0 aromatic carbocycles. The summed E-state index contributed by atoms with van der Waals surface area (Å²) in [6, 6.07) is 3.69. The van der Waals surface area contributed by atoms with Crippen LogP contribution < -0.4 is 0 Å². The van der Waals surface area contributed by atoms with Gasteiger partial charge in [-0.05, 0) is 44.0 Å². The lowest BCUT2D eigenvalue weighted by molar-refractivity contribution is 0.0991. The number of aryl methyl sites for hydroxylation is 1. The molecule has 2 heterocycles. The monoisotopic (exact) mass is 362 g/mol. The van der Waals surface area contributed by atoms with E-state index in [9.17, 15) is 4.79 Å². The summed E-state index contributed by atoms with van der Waals surface area (Å²) in [6.45, 7) is 0. The Kier molecular flexibility index (Phi) is 3.61. The Bertz CT molecular complexity index is 533. The van der Waals surface area contributed by atoms with Crippen molar-refractivity contribution in [1.29, 1.82) is 0 Å². The van der Waals surface area contributed by atoms with Gasteiger partial charge in [-0.1, -0.05) is 0 Å². The highest BCUT2D eigenvalue weighted by Gasteiger charge is 2.15. The lowest BCUT2D eigenvalue weighted by atomic mass is 10.1. The van der Waals surface area contributed by atoms with Gasteiger partial charge in [0.15, 0.2) is 5.78 Å². The number of Topliss-reactive ketones (excluding diaryl/α,β-unsaturated/α-hetero) is 1. The van der Waals surface area contributed by atoms with Gasteiger partial charge >= 0.3 is 0 Å². The van der Waals surface area contributed by atoms with Crippen LogP contribution in [-0.4, -0.2) is 15.6 Å². The number of ketones is 1. The van der Waals surface area contributed by atoms with Gasteiger partial charge in [-0.3, -0.25) is 9.48 Å². The minimum Gasteiger partial charge on any atom is -0.294 e. The van der Waals surface area contributed by atoms with Crippen LogP contribution in [0.2, 0.25) is 0 Å². The zero-order valence-electron chi connectivity index (χ0n) is 8.41. The maximum Gasteiger partial charge on any atom is 0.170 e. The number of halogens is 2. The van der Waals surface area contributed by atoms with Gasteiger partial charge in [0.1, 0.15) is 0 Å². The van der Waals surface area contributed by atoms with E-state index < -0.39 is 0 Å². The van der Waals surface area contributed by atoms with Crippen molar-refractivity contribution in [3.63, 3.8) is 0 Å². The van der Waals surface area contributed by atoms with Gasteiger partial charge < -0.3 is 0 Å². The molecule has 16 heavy (non-hydrogen) atoms. The molecule has 2 aromatic rings. The standard InChI is InChI=1S/C10H8Br2N2OS/c1-14-3-2-6(13-14)4-8(15)7-5-9(11)16-10(7)12/h2-3,5H,4H2,1H3. The molecule has 6 heteroatoms. The second-order valence-corrected chi connectivity index (χ2v) is 7.07. The molecule has 0 spiro atoms. The third-order valence-corrected chi connectivity index (χ3v) is 4.41. The molecule has 0 aliphatic rings. The van der Waals surface area contributed by atoms with Crippen molar-refractivity contribution in [3.05, 3.63) is 37.2 Å². The normalized spacial score (nSPS) is 10.7. The molecule has 2 aromatic heterocycles. The number of nitrogens with zero attached hydrogens (tertiary/aromatic N) is 2. The zero-order chi connectivity index (χ0) is 11.7. The van der Waals surface area contributed by atoms with Gasteiger partial charge in [-0.15, -0.1) is 11.3 Å². The topological polar surface area (TPSA) is 34.9 Å². The SMILES string of the molecule is Cn1ccc(CC(=O)c2cc(Br)sc2Br)n1. The Morgan fingerprint density at radius 2 is 2.31 bits per heavy atom. The molecule has 0 saturated heterocycles. The Labute approximate surface area is 114 Å². The minimum atomic E-state index is 0.0764. The first kappa shape index (κ1) is 12.0. The van der Waals surface area contributed by atoms with Crippen LogP contribution in [0.25, 0.3) is 0 Å². The number of carbonyl (C=O) groups is 1. The van der Waals surface area contributed by atoms with Crippen LogP contribution in [0.4, 0.5) is 0 Å². The molecule has 0 unspecified atom stereocenters. The fraction of sp³-hybridized carbons (Fsp3) is 0.200. The summed E-state index contributed by atoms with van der Waals surface area (Å²) in [5.41, 5.74) is 1.50. The van der Waals surface area contributed by atoms with Gasteiger partial charge in [0, 0.05) is 18.8 Å². The lowest BCUT2D eigenvalue weighted by Crippen LogP contribution is -2.04. The average Bonchev–Trinajstić information content (AvgIpc) is 2.73. The summed E-state index contributed by atoms with van der Waals surface area (Å²) in [7, 11) is 1.84. The molecule has 0 aliphatic heterocycles. The quantitative estimate of drug-likeness (QED) is 0.783. The molecule has 2 rings (SSSR count). The van der Waals surface area contributed by atoms with Crippen LogP contribution >= 0.6 is 43.2 Å². The van der Waals surface area contributed by atoms with Crippen LogP contribution in [0, 0.1) is 0 Å². The zero-order valence-corrected chi connectivity index (χ0v) is 12.4. The first-order valence-electron chi connectivity index (χ1n) is 4.53. The average molecular weight is 364 g/mol. The molecule has 0 N–H and O–H groups in total. The molecule has 0 amide bonds. The molecule has 0 radical (unpaired) electrons. The number of hydrogen-bond donors (Lipinski definition) is 0. The van der Waals surface area contributed by atoms with E-state index in [1.165, 1.54) is 11.3 Å². The van der Waals surface area contributed by atoms with Crippen molar-refractivity contribution in [2.45, 2.75) is 6.42 Å². The van der Waals surface area contributed by atoms with E-state index in [1.54, 1.807) is 4.68 Å². The summed E-state index contributed by atoms with van der Waals surface area (Å²) in [5, 5.41) is 4.18. The Morgan fingerprint density at radius 1 is 1.56 bits per heavy atom. The van der Waals surface area contributed by atoms with Gasteiger partial charge in [0.2, 0.25) is 0 Å². The van der Waals surface area contributed by atoms with Gasteiger partial charge in [0.05, 0.1) is 19.7 Å². The molecule has 0 aliphatic carbocycles. The highest BCUT2D eigenvalue weighted by Crippen LogP contribution is 2.32. The van der Waals surface area contributed by atoms with E-state index in [0.29, 0.717) is 12.0 Å². The maximum absolute atomic E-state index is 12.0. The third kappa shape index (κ3) is 2.61. The minimum absolute atomic E-state index is 0.0764. The summed E-state index contributed by atoms with van der Waals surface area (Å²) in [5.74, 6) is 0.0764. The first-order chi connectivity index (χ1) is 7.56. The van der Waals surface area contributed by atoms with E-state index in [2.05, 4.69) is 37.0 Å². The van der Waals surface area contributed by atoms with Gasteiger partial charge in [0.25, 0.3) is 0 Å². The van der Waals surface area contributed by atoms with Crippen molar-refractivity contribution >= 4 is 49.0 Å². The summed E-state index contributed by atoms with van der Waals surface area (Å²) in [6.07, 6.45) is 2.17. The third-order valence-electron chi connectivity index (χ3n) is 2.07. The lowest BCUT2D eigenvalue weighted by Gasteiger charge is -1.95. The largest absolute Gasteiger partial charge is 0.294 e. The number of aromatic nitrogens is 2. The van der Waals surface area contributed by atoms with Gasteiger partial charge in [-0.2, -0.15) is 5.10 Å². The number of thiophene rings is 1. The molecule has 0 fully saturated rings. The highest BCUT2D eigenvalue weighted by molar-refractivity contribution is 9.12. The van der Waals surface area contributed by atoms with Crippen molar-refractivity contribution in [3.8, 4) is 0 Å². The van der Waals surface area contributed by atoms with E-state index in [4.69, 9.17) is 0 Å². The Morgan fingerprint density at radius 3 is 2.81 bits per heavy atom. The van der Waals surface area contributed by atoms with Crippen molar-refractivity contribution < 1.29 is 4.79 Å². The Hall–Kier alpha value is -0.460. The van der Waals surface area contributed by atoms with Crippen LogP contribution in [0.3, 0.4) is 0 Å². The predicted molar refractivity (Wildman–Crippen MR) is 71.0 cm³/mol. The van der Waals surface area contributed by atoms with Gasteiger partial charge in [-0.25, -0.2) is 0 Å².